The van der Waals surface area contributed by atoms with E-state index in [0.717, 1.165) is 11.5 Å². The Balaban J connectivity index is 1.36. The number of nitrogens with one attached hydrogen (secondary N) is 2. The molecule has 1 aliphatic rings. The Morgan fingerprint density at radius 3 is 2.57 bits per heavy atom. The predicted octanol–water partition coefficient (Wildman–Crippen LogP) is 5.40. The first-order valence-electron chi connectivity index (χ1n) is 13.1. The van der Waals surface area contributed by atoms with Crippen LogP contribution in [0.1, 0.15) is 24.3 Å². The number of aliphatic hydroxyl groups is 1. The molecule has 1 atom stereocenters. The monoisotopic (exact) mass is 602 g/mol. The Hall–Kier alpha value is -4.07. The van der Waals surface area contributed by atoms with Crippen LogP contribution in [0.5, 0.6) is 11.6 Å². The van der Waals surface area contributed by atoms with E-state index in [1.807, 2.05) is 12.3 Å². The second-order valence-corrected chi connectivity index (χ2v) is 13.6. The summed E-state index contributed by atoms with van der Waals surface area (Å²) in [5.41, 5.74) is -0.0972. The third-order valence-electron chi connectivity index (χ3n) is 6.92. The summed E-state index contributed by atoms with van der Waals surface area (Å²) < 4.78 is 56.4. The maximum Gasteiger partial charge on any atom is 0.418 e. The molecule has 1 aliphatic heterocycles. The standard InChI is InChI=1S/C29H30F3N5O4S/c1-18(38)35-26-16-27(34-17-33-26)41-21-7-8-22-19(14-21)4-3-5-23(22)28(39)36-20-6-9-25(24(15-20)29(30,31)32)37-10-12-42(2,40)13-11-37/h3-9,14-17,28,36,39-40H,10-13H2,1-2H3,(H,33,34,35,38)/p+1. The molecule has 1 saturated heterocycles. The van der Waals surface area contributed by atoms with Gasteiger partial charge in [-0.05, 0) is 51.4 Å². The molecule has 0 radical (unpaired) electrons. The summed E-state index contributed by atoms with van der Waals surface area (Å²) in [7, 11) is -1.51. The topological polar surface area (TPSA) is 123 Å². The number of halogens is 3. The molecule has 2 heterocycles. The molecule has 5 N–H and O–H groups in total. The van der Waals surface area contributed by atoms with E-state index in [0.29, 0.717) is 47.1 Å². The Labute approximate surface area is 241 Å². The normalized spacial score (nSPS) is 16.5. The molecule has 0 spiro atoms. The smallest absolute Gasteiger partial charge is 0.418 e. The molecule has 1 fully saturated rings. The van der Waals surface area contributed by atoms with Crippen molar-refractivity contribution in [2.24, 2.45) is 0 Å². The molecule has 0 aliphatic carbocycles. The minimum Gasteiger partial charge on any atom is -0.439 e. The average Bonchev–Trinajstić information content (AvgIpc) is 2.92. The van der Waals surface area contributed by atoms with Crippen LogP contribution in [0.25, 0.3) is 10.8 Å². The maximum absolute atomic E-state index is 14.1. The van der Waals surface area contributed by atoms with Gasteiger partial charge in [0.1, 0.15) is 17.9 Å². The number of benzene rings is 3. The van der Waals surface area contributed by atoms with Crippen molar-refractivity contribution < 1.29 is 32.4 Å². The molecular weight excluding hydrogens is 571 g/mol. The van der Waals surface area contributed by atoms with Gasteiger partial charge in [-0.2, -0.15) is 13.2 Å². The lowest BCUT2D eigenvalue weighted by molar-refractivity contribution is -0.137. The molecule has 1 aromatic heterocycles. The summed E-state index contributed by atoms with van der Waals surface area (Å²) in [4.78, 5) is 21.0. The summed E-state index contributed by atoms with van der Waals surface area (Å²) in [6.45, 7) is 2.18. The molecule has 3 aromatic carbocycles. The van der Waals surface area contributed by atoms with Gasteiger partial charge in [0.2, 0.25) is 11.8 Å². The van der Waals surface area contributed by atoms with E-state index in [9.17, 15) is 23.1 Å². The molecule has 5 rings (SSSR count). The first kappa shape index (κ1) is 29.4. The summed E-state index contributed by atoms with van der Waals surface area (Å²) >= 11 is 0. The highest BCUT2D eigenvalue weighted by Gasteiger charge is 2.37. The molecule has 9 nitrogen and oxygen atoms in total. The predicted molar refractivity (Wildman–Crippen MR) is 159 cm³/mol. The van der Waals surface area contributed by atoms with E-state index < -0.39 is 28.3 Å². The Bertz CT molecular complexity index is 1610. The fourth-order valence-corrected chi connectivity index (χ4v) is 6.25. The van der Waals surface area contributed by atoms with Gasteiger partial charge >= 0.3 is 6.18 Å². The van der Waals surface area contributed by atoms with E-state index in [1.54, 1.807) is 35.2 Å². The molecule has 13 heteroatoms. The van der Waals surface area contributed by atoms with Crippen molar-refractivity contribution in [2.45, 2.75) is 19.3 Å². The highest BCUT2D eigenvalue weighted by Crippen LogP contribution is 2.45. The maximum atomic E-state index is 14.1. The lowest BCUT2D eigenvalue weighted by Crippen LogP contribution is -2.39. The molecular formula is C29H31F3N5O4S+. The van der Waals surface area contributed by atoms with Gasteiger partial charge in [-0.25, -0.2) is 9.97 Å². The SMILES string of the molecule is CC(=O)Nc1cc(Oc2ccc3c(C(O)Nc4ccc(N5CCS(C)([OH2+])CC5)c(C(F)(F)F)c4)cccc3c2)ncn1. The summed E-state index contributed by atoms with van der Waals surface area (Å²) in [6, 6.07) is 15.9. The van der Waals surface area contributed by atoms with Gasteiger partial charge < -0.3 is 29.9 Å². The van der Waals surface area contributed by atoms with Gasteiger partial charge in [-0.3, -0.25) is 4.79 Å². The zero-order chi connectivity index (χ0) is 30.1. The van der Waals surface area contributed by atoms with Crippen molar-refractivity contribution in [1.29, 1.82) is 0 Å². The summed E-state index contributed by atoms with van der Waals surface area (Å²) in [5.74, 6) is 1.80. The number of carbonyl (C=O) groups is 1. The molecule has 1 unspecified atom stereocenters. The van der Waals surface area contributed by atoms with Gasteiger partial charge in [0, 0.05) is 49.3 Å². The van der Waals surface area contributed by atoms with Crippen LogP contribution >= 0.6 is 10.3 Å². The number of aromatic nitrogens is 2. The van der Waals surface area contributed by atoms with Crippen molar-refractivity contribution >= 4 is 44.2 Å². The number of hydrogen-bond donors (Lipinski definition) is 3. The molecule has 0 bridgehead atoms. The first-order chi connectivity index (χ1) is 19.9. The number of fused-ring (bicyclic) bond motifs is 1. The third kappa shape index (κ3) is 6.86. The van der Waals surface area contributed by atoms with Gasteiger partial charge in [-0.15, -0.1) is 0 Å². The van der Waals surface area contributed by atoms with Crippen LogP contribution in [0.4, 0.5) is 30.4 Å². The number of rotatable bonds is 7. The van der Waals surface area contributed by atoms with Crippen LogP contribution in [-0.2, 0) is 11.0 Å². The van der Waals surface area contributed by atoms with Crippen LogP contribution in [0.3, 0.4) is 0 Å². The fourth-order valence-electron chi connectivity index (χ4n) is 4.80. The lowest BCUT2D eigenvalue weighted by Gasteiger charge is -2.38. The van der Waals surface area contributed by atoms with Crippen LogP contribution in [0, 0.1) is 0 Å². The van der Waals surface area contributed by atoms with Crippen LogP contribution in [0.15, 0.2) is 67.0 Å². The van der Waals surface area contributed by atoms with E-state index >= 15 is 0 Å². The van der Waals surface area contributed by atoms with Crippen molar-refractivity contribution in [2.75, 3.05) is 46.4 Å². The Morgan fingerprint density at radius 2 is 1.86 bits per heavy atom. The number of nitrogens with zero attached hydrogens (tertiary/aromatic N) is 3. The lowest BCUT2D eigenvalue weighted by atomic mass is 10.0. The zero-order valence-electron chi connectivity index (χ0n) is 22.9. The number of amides is 1. The van der Waals surface area contributed by atoms with Crippen molar-refractivity contribution in [1.82, 2.24) is 9.97 Å². The van der Waals surface area contributed by atoms with Crippen molar-refractivity contribution in [3.05, 3.63) is 78.1 Å². The van der Waals surface area contributed by atoms with E-state index in [4.69, 9.17) is 9.29 Å². The number of hydrogen-bond acceptors (Lipinski definition) is 7. The number of carbonyl (C=O) groups excluding carboxylic acids is 1. The second-order valence-electron chi connectivity index (χ2n) is 10.2. The zero-order valence-corrected chi connectivity index (χ0v) is 23.7. The van der Waals surface area contributed by atoms with E-state index in [1.165, 1.54) is 31.5 Å². The minimum atomic E-state index is -4.59. The number of aliphatic hydroxyl groups excluding tert-OH is 1. The first-order valence-corrected chi connectivity index (χ1v) is 15.5. The van der Waals surface area contributed by atoms with Crippen LogP contribution < -0.4 is 20.3 Å². The highest BCUT2D eigenvalue weighted by molar-refractivity contribution is 8.28. The quantitative estimate of drug-likeness (QED) is 0.191. The largest absolute Gasteiger partial charge is 0.439 e. The Morgan fingerprint density at radius 1 is 1.10 bits per heavy atom. The van der Waals surface area contributed by atoms with E-state index in [-0.39, 0.29) is 23.2 Å². The van der Waals surface area contributed by atoms with Crippen molar-refractivity contribution in [3.63, 3.8) is 0 Å². The summed E-state index contributed by atoms with van der Waals surface area (Å²) in [5, 5.41) is 17.8. The number of anilines is 3. The summed E-state index contributed by atoms with van der Waals surface area (Å²) in [6.07, 6.45) is -2.74. The van der Waals surface area contributed by atoms with Crippen LogP contribution in [-0.4, -0.2) is 56.4 Å². The molecule has 222 valence electrons. The molecule has 42 heavy (non-hydrogen) atoms. The number of ether oxygens (including phenoxy) is 1. The van der Waals surface area contributed by atoms with E-state index in [2.05, 4.69) is 20.6 Å². The van der Waals surface area contributed by atoms with Gasteiger partial charge in [0.25, 0.3) is 0 Å². The van der Waals surface area contributed by atoms with Gasteiger partial charge in [-0.1, -0.05) is 24.3 Å². The average molecular weight is 603 g/mol. The molecule has 4 aromatic rings. The Kier molecular flexibility index (Phi) is 8.17. The third-order valence-corrected chi connectivity index (χ3v) is 9.09. The van der Waals surface area contributed by atoms with Gasteiger partial charge in [0.05, 0.1) is 17.1 Å². The molecule has 0 saturated carbocycles. The minimum absolute atomic E-state index is 0.0861. The fraction of sp³-hybridized carbons (Fsp3) is 0.276. The number of alkyl halides is 3. The van der Waals surface area contributed by atoms with Crippen LogP contribution in [0.2, 0.25) is 0 Å². The van der Waals surface area contributed by atoms with Gasteiger partial charge in [0.15, 0.2) is 6.23 Å². The highest BCUT2D eigenvalue weighted by atomic mass is 32.3. The second kappa shape index (κ2) is 11.7. The molecule has 1 amide bonds. The van der Waals surface area contributed by atoms with Crippen molar-refractivity contribution in [3.8, 4) is 11.6 Å².